The van der Waals surface area contributed by atoms with Crippen molar-refractivity contribution in [2.24, 2.45) is 11.8 Å². The van der Waals surface area contributed by atoms with Crippen LogP contribution in [0.5, 0.6) is 0 Å². The van der Waals surface area contributed by atoms with Crippen LogP contribution in [0, 0.1) is 11.8 Å². The van der Waals surface area contributed by atoms with Crippen LogP contribution in [-0.4, -0.2) is 46.7 Å². The standard InChI is InChI=1S/C24H30O5/c1-15(16-9-5-4-6-10-16)19(25)14-13-18-17(11-7-2-3-8-12-20(26)27)21-23-24(29-23)22(18)28-21/h2,4-7,9-10,13-15,17-19,21-25H,3,8,11-12H2,1H3,(H,26,27)/b7-2-,14-13+/t15?,17-,18+,19?,21+,22-,23-,24+/m0/s1. The number of carboxylic acid groups (broad SMARTS) is 1. The molecule has 3 heterocycles. The van der Waals surface area contributed by atoms with Crippen molar-refractivity contribution in [3.8, 4) is 0 Å². The van der Waals surface area contributed by atoms with Crippen molar-refractivity contribution in [3.05, 3.63) is 60.2 Å². The maximum atomic E-state index is 10.7. The summed E-state index contributed by atoms with van der Waals surface area (Å²) in [5, 5.41) is 19.4. The summed E-state index contributed by atoms with van der Waals surface area (Å²) < 4.78 is 12.0. The monoisotopic (exact) mass is 398 g/mol. The second kappa shape index (κ2) is 8.82. The molecule has 5 heteroatoms. The van der Waals surface area contributed by atoms with Crippen molar-refractivity contribution in [3.63, 3.8) is 0 Å². The molecule has 8 atom stereocenters. The Morgan fingerprint density at radius 3 is 2.59 bits per heavy atom. The maximum absolute atomic E-state index is 10.7. The van der Waals surface area contributed by atoms with Gasteiger partial charge in [-0.15, -0.1) is 0 Å². The van der Waals surface area contributed by atoms with Crippen molar-refractivity contribution in [2.75, 3.05) is 0 Å². The van der Waals surface area contributed by atoms with Crippen LogP contribution < -0.4 is 0 Å². The van der Waals surface area contributed by atoms with Crippen LogP contribution in [0.3, 0.4) is 0 Å². The molecule has 0 amide bonds. The number of carboxylic acids is 1. The second-order valence-corrected chi connectivity index (χ2v) is 8.44. The molecule has 0 spiro atoms. The molecule has 3 aliphatic rings. The number of benzene rings is 1. The lowest BCUT2D eigenvalue weighted by molar-refractivity contribution is -0.137. The molecule has 4 rings (SSSR count). The smallest absolute Gasteiger partial charge is 0.303 e. The first-order valence-corrected chi connectivity index (χ1v) is 10.7. The Morgan fingerprint density at radius 1 is 1.10 bits per heavy atom. The first-order valence-electron chi connectivity index (χ1n) is 10.7. The molecule has 2 bridgehead atoms. The highest BCUT2D eigenvalue weighted by molar-refractivity contribution is 5.66. The van der Waals surface area contributed by atoms with Crippen LogP contribution in [0.25, 0.3) is 0 Å². The van der Waals surface area contributed by atoms with Crippen LogP contribution in [0.2, 0.25) is 0 Å². The Bertz CT molecular complexity index is 758. The van der Waals surface area contributed by atoms with E-state index in [2.05, 4.69) is 18.2 Å². The Morgan fingerprint density at radius 2 is 1.83 bits per heavy atom. The molecular formula is C24H30O5. The number of fused-ring (bicyclic) bond motifs is 5. The van der Waals surface area contributed by atoms with Gasteiger partial charge < -0.3 is 19.7 Å². The lowest BCUT2D eigenvalue weighted by Gasteiger charge is -2.23. The number of aliphatic carboxylic acids is 1. The topological polar surface area (TPSA) is 79.3 Å². The molecule has 2 unspecified atom stereocenters. The van der Waals surface area contributed by atoms with Crippen LogP contribution >= 0.6 is 0 Å². The van der Waals surface area contributed by atoms with Gasteiger partial charge in [-0.3, -0.25) is 4.79 Å². The molecule has 2 N–H and O–H groups in total. The maximum Gasteiger partial charge on any atom is 0.303 e. The molecule has 1 aromatic carbocycles. The van der Waals surface area contributed by atoms with Crippen molar-refractivity contribution in [1.82, 2.24) is 0 Å². The summed E-state index contributed by atoms with van der Waals surface area (Å²) in [7, 11) is 0. The van der Waals surface area contributed by atoms with Gasteiger partial charge in [-0.25, -0.2) is 0 Å². The average molecular weight is 398 g/mol. The van der Waals surface area contributed by atoms with Crippen molar-refractivity contribution in [2.45, 2.75) is 69.0 Å². The highest BCUT2D eigenvalue weighted by Crippen LogP contribution is 2.55. The number of epoxide rings is 1. The summed E-state index contributed by atoms with van der Waals surface area (Å²) in [5.41, 5.74) is 1.13. The predicted molar refractivity (Wildman–Crippen MR) is 110 cm³/mol. The molecule has 0 aliphatic carbocycles. The van der Waals surface area contributed by atoms with Crippen LogP contribution in [0.15, 0.2) is 54.6 Å². The molecule has 29 heavy (non-hydrogen) atoms. The Hall–Kier alpha value is -1.95. The van der Waals surface area contributed by atoms with Gasteiger partial charge in [0, 0.05) is 24.2 Å². The zero-order valence-corrected chi connectivity index (χ0v) is 16.8. The van der Waals surface area contributed by atoms with Gasteiger partial charge in [0.25, 0.3) is 0 Å². The normalized spacial score (nSPS) is 34.6. The van der Waals surface area contributed by atoms with E-state index in [1.165, 1.54) is 0 Å². The number of hydrogen-bond donors (Lipinski definition) is 2. The molecule has 5 nitrogen and oxygen atoms in total. The molecule has 0 saturated carbocycles. The van der Waals surface area contributed by atoms with E-state index in [9.17, 15) is 9.90 Å². The highest BCUT2D eigenvalue weighted by atomic mass is 16.7. The van der Waals surface area contributed by atoms with E-state index < -0.39 is 12.1 Å². The number of rotatable bonds is 10. The number of ether oxygens (including phenoxy) is 2. The lowest BCUT2D eigenvalue weighted by Crippen LogP contribution is -2.31. The number of carbonyl (C=O) groups is 1. The third-order valence-corrected chi connectivity index (χ3v) is 6.52. The summed E-state index contributed by atoms with van der Waals surface area (Å²) in [6.45, 7) is 2.04. The fraction of sp³-hybridized carbons (Fsp3) is 0.542. The van der Waals surface area contributed by atoms with Gasteiger partial charge in [0.05, 0.1) is 18.3 Å². The Balaban J connectivity index is 1.35. The zero-order valence-electron chi connectivity index (χ0n) is 16.8. The third kappa shape index (κ3) is 4.47. The van der Waals surface area contributed by atoms with Crippen LogP contribution in [-0.2, 0) is 14.3 Å². The van der Waals surface area contributed by atoms with Gasteiger partial charge in [0.1, 0.15) is 12.2 Å². The third-order valence-electron chi connectivity index (χ3n) is 6.52. The second-order valence-electron chi connectivity index (χ2n) is 8.44. The number of hydrogen-bond acceptors (Lipinski definition) is 4. The summed E-state index contributed by atoms with van der Waals surface area (Å²) in [4.78, 5) is 10.6. The molecule has 0 radical (unpaired) electrons. The van der Waals surface area contributed by atoms with E-state index in [1.54, 1.807) is 0 Å². The van der Waals surface area contributed by atoms with Crippen LogP contribution in [0.1, 0.15) is 44.1 Å². The first-order chi connectivity index (χ1) is 14.1. The SMILES string of the molecule is CC(c1ccccc1)C(O)/C=C/[C@@H]1[C@H](C/C=C\CCCC(=O)O)[C@H]2O[C@@H]1[C@H]1O[C@H]12. The molecule has 0 aromatic heterocycles. The first kappa shape index (κ1) is 20.3. The minimum Gasteiger partial charge on any atom is -0.481 e. The molecule has 1 aromatic rings. The van der Waals surface area contributed by atoms with Gasteiger partial charge in [-0.1, -0.05) is 61.6 Å². The van der Waals surface area contributed by atoms with Gasteiger partial charge in [0.2, 0.25) is 0 Å². The Kier molecular flexibility index (Phi) is 6.18. The summed E-state index contributed by atoms with van der Waals surface area (Å²) in [6, 6.07) is 10.1. The number of allylic oxidation sites excluding steroid dienone is 2. The van der Waals surface area contributed by atoms with E-state index >= 15 is 0 Å². The minimum absolute atomic E-state index is 0.0319. The van der Waals surface area contributed by atoms with E-state index in [0.29, 0.717) is 12.3 Å². The molecule has 3 saturated heterocycles. The molecule has 3 fully saturated rings. The van der Waals surface area contributed by atoms with Crippen LogP contribution in [0.4, 0.5) is 0 Å². The quantitative estimate of drug-likeness (QED) is 0.357. The van der Waals surface area contributed by atoms with Gasteiger partial charge >= 0.3 is 5.97 Å². The largest absolute Gasteiger partial charge is 0.481 e. The number of aliphatic hydroxyl groups excluding tert-OH is 1. The van der Waals surface area contributed by atoms with Crippen molar-refractivity contribution < 1.29 is 24.5 Å². The molecule has 3 aliphatic heterocycles. The van der Waals surface area contributed by atoms with E-state index in [4.69, 9.17) is 14.6 Å². The predicted octanol–water partition coefficient (Wildman–Crippen LogP) is 3.69. The van der Waals surface area contributed by atoms with Gasteiger partial charge in [-0.05, 0) is 24.8 Å². The van der Waals surface area contributed by atoms with Crippen molar-refractivity contribution in [1.29, 1.82) is 0 Å². The van der Waals surface area contributed by atoms with E-state index in [-0.39, 0.29) is 42.7 Å². The Labute approximate surface area is 172 Å². The lowest BCUT2D eigenvalue weighted by atomic mass is 9.77. The summed E-state index contributed by atoms with van der Waals surface area (Å²) in [6.07, 6.45) is 11.0. The fourth-order valence-electron chi connectivity index (χ4n) is 4.77. The van der Waals surface area contributed by atoms with Crippen molar-refractivity contribution >= 4 is 5.97 Å². The minimum atomic E-state index is -0.745. The molecule has 156 valence electrons. The number of unbranched alkanes of at least 4 members (excludes halogenated alkanes) is 1. The summed E-state index contributed by atoms with van der Waals surface area (Å²) in [5.74, 6) is -0.130. The van der Waals surface area contributed by atoms with Gasteiger partial charge in [-0.2, -0.15) is 0 Å². The van der Waals surface area contributed by atoms with Gasteiger partial charge in [0.15, 0.2) is 0 Å². The highest BCUT2D eigenvalue weighted by Gasteiger charge is 2.68. The summed E-state index contributed by atoms with van der Waals surface area (Å²) >= 11 is 0. The molecular weight excluding hydrogens is 368 g/mol. The number of aliphatic hydroxyl groups is 1. The van der Waals surface area contributed by atoms with E-state index in [1.807, 2.05) is 43.3 Å². The fourth-order valence-corrected chi connectivity index (χ4v) is 4.77. The van der Waals surface area contributed by atoms with E-state index in [0.717, 1.165) is 18.4 Å². The zero-order chi connectivity index (χ0) is 20.4. The average Bonchev–Trinajstić information content (AvgIpc) is 3.35.